The lowest BCUT2D eigenvalue weighted by Gasteiger charge is -2.39. The fourth-order valence-corrected chi connectivity index (χ4v) is 3.47. The molecule has 2 fully saturated rings. The molecule has 0 bridgehead atoms. The lowest BCUT2D eigenvalue weighted by molar-refractivity contribution is -0.145. The molecule has 17 heavy (non-hydrogen) atoms. The number of carboxylic acids is 1. The van der Waals surface area contributed by atoms with Gasteiger partial charge in [0.05, 0.1) is 6.10 Å². The summed E-state index contributed by atoms with van der Waals surface area (Å²) < 4.78 is 5.54. The van der Waals surface area contributed by atoms with Crippen LogP contribution in [0.3, 0.4) is 0 Å². The first-order valence-corrected chi connectivity index (χ1v) is 6.66. The Balaban J connectivity index is 2.11. The van der Waals surface area contributed by atoms with E-state index in [9.17, 15) is 9.90 Å². The van der Waals surface area contributed by atoms with Crippen molar-refractivity contribution in [3.63, 3.8) is 0 Å². The van der Waals surface area contributed by atoms with Crippen molar-refractivity contribution < 1.29 is 14.6 Å². The van der Waals surface area contributed by atoms with Gasteiger partial charge >= 0.3 is 5.97 Å². The van der Waals surface area contributed by atoms with Crippen LogP contribution in [0.4, 0.5) is 0 Å². The molecule has 1 saturated carbocycles. The van der Waals surface area contributed by atoms with Crippen LogP contribution in [-0.2, 0) is 9.53 Å². The number of carboxylic acid groups (broad SMARTS) is 1. The standard InChI is InChI=1S/C13H23NO3/c1-9-7-8-14(12(9)13(15)16)10-5-3-4-6-11(10)17-2/h9-12H,3-8H2,1-2H3,(H,15,16). The monoisotopic (exact) mass is 241 g/mol. The fourth-order valence-electron chi connectivity index (χ4n) is 3.47. The summed E-state index contributed by atoms with van der Waals surface area (Å²) in [5.74, 6) is -0.414. The molecule has 0 aromatic heterocycles. The van der Waals surface area contributed by atoms with Crippen LogP contribution in [0, 0.1) is 5.92 Å². The van der Waals surface area contributed by atoms with Crippen molar-refractivity contribution in [3.05, 3.63) is 0 Å². The van der Waals surface area contributed by atoms with Gasteiger partial charge in [-0.25, -0.2) is 0 Å². The summed E-state index contributed by atoms with van der Waals surface area (Å²) in [6.07, 6.45) is 5.76. The van der Waals surface area contributed by atoms with Crippen LogP contribution in [0.1, 0.15) is 39.0 Å². The van der Waals surface area contributed by atoms with Gasteiger partial charge in [0.2, 0.25) is 0 Å². The second kappa shape index (κ2) is 5.36. The highest BCUT2D eigenvalue weighted by molar-refractivity contribution is 5.74. The summed E-state index contributed by atoms with van der Waals surface area (Å²) in [5, 5.41) is 9.36. The second-order valence-corrected chi connectivity index (χ2v) is 5.41. The molecule has 0 amide bonds. The van der Waals surface area contributed by atoms with Crippen molar-refractivity contribution in [1.82, 2.24) is 4.90 Å². The summed E-state index contributed by atoms with van der Waals surface area (Å²) in [5.41, 5.74) is 0. The van der Waals surface area contributed by atoms with Gasteiger partial charge in [-0.2, -0.15) is 0 Å². The predicted octanol–water partition coefficient (Wildman–Crippen LogP) is 1.74. The second-order valence-electron chi connectivity index (χ2n) is 5.41. The van der Waals surface area contributed by atoms with Gasteiger partial charge in [0.1, 0.15) is 6.04 Å². The first-order chi connectivity index (χ1) is 8.15. The van der Waals surface area contributed by atoms with Crippen LogP contribution in [0.15, 0.2) is 0 Å². The Kier molecular flexibility index (Phi) is 4.05. The molecule has 1 saturated heterocycles. The van der Waals surface area contributed by atoms with Crippen molar-refractivity contribution in [3.8, 4) is 0 Å². The molecular formula is C13H23NO3. The van der Waals surface area contributed by atoms with Crippen LogP contribution in [-0.4, -0.2) is 47.8 Å². The molecule has 4 heteroatoms. The average Bonchev–Trinajstić information content (AvgIpc) is 2.71. The van der Waals surface area contributed by atoms with Gasteiger partial charge in [-0.1, -0.05) is 19.8 Å². The normalized spacial score (nSPS) is 39.4. The minimum Gasteiger partial charge on any atom is -0.480 e. The molecule has 1 heterocycles. The van der Waals surface area contributed by atoms with E-state index in [4.69, 9.17) is 4.74 Å². The minimum absolute atomic E-state index is 0.218. The van der Waals surface area contributed by atoms with E-state index in [0.717, 1.165) is 25.8 Å². The number of ether oxygens (including phenoxy) is 1. The molecule has 0 spiro atoms. The molecule has 0 aromatic rings. The molecule has 1 aliphatic heterocycles. The van der Waals surface area contributed by atoms with E-state index in [0.29, 0.717) is 6.04 Å². The van der Waals surface area contributed by atoms with E-state index in [1.54, 1.807) is 7.11 Å². The maximum absolute atomic E-state index is 11.4. The zero-order valence-corrected chi connectivity index (χ0v) is 10.8. The Morgan fingerprint density at radius 3 is 2.65 bits per heavy atom. The number of hydrogen-bond acceptors (Lipinski definition) is 3. The number of carbonyl (C=O) groups is 1. The van der Waals surface area contributed by atoms with Crippen molar-refractivity contribution in [2.24, 2.45) is 5.92 Å². The summed E-state index contributed by atoms with van der Waals surface area (Å²) in [7, 11) is 1.75. The third kappa shape index (κ3) is 2.47. The Morgan fingerprint density at radius 2 is 2.00 bits per heavy atom. The largest absolute Gasteiger partial charge is 0.480 e. The maximum Gasteiger partial charge on any atom is 0.321 e. The van der Waals surface area contributed by atoms with E-state index in [1.165, 1.54) is 12.8 Å². The number of hydrogen-bond donors (Lipinski definition) is 1. The van der Waals surface area contributed by atoms with Crippen LogP contribution >= 0.6 is 0 Å². The Hall–Kier alpha value is -0.610. The summed E-state index contributed by atoms with van der Waals surface area (Å²) in [6, 6.07) is -0.00412. The third-order valence-corrected chi connectivity index (χ3v) is 4.39. The number of methoxy groups -OCH3 is 1. The van der Waals surface area contributed by atoms with Crippen LogP contribution in [0.5, 0.6) is 0 Å². The van der Waals surface area contributed by atoms with Crippen molar-refractivity contribution in [2.45, 2.75) is 57.2 Å². The smallest absolute Gasteiger partial charge is 0.321 e. The molecule has 0 aromatic carbocycles. The van der Waals surface area contributed by atoms with E-state index in [1.807, 2.05) is 6.92 Å². The molecule has 4 nitrogen and oxygen atoms in total. The summed E-state index contributed by atoms with van der Waals surface area (Å²) in [6.45, 7) is 2.95. The highest BCUT2D eigenvalue weighted by Gasteiger charge is 2.43. The highest BCUT2D eigenvalue weighted by Crippen LogP contribution is 2.33. The summed E-state index contributed by atoms with van der Waals surface area (Å²) in [4.78, 5) is 13.6. The molecular weight excluding hydrogens is 218 g/mol. The molecule has 1 N–H and O–H groups in total. The first kappa shape index (κ1) is 12.8. The predicted molar refractivity (Wildman–Crippen MR) is 65.0 cm³/mol. The van der Waals surface area contributed by atoms with Gasteiger partial charge in [-0.15, -0.1) is 0 Å². The Bertz CT molecular complexity index is 282. The van der Waals surface area contributed by atoms with E-state index in [2.05, 4.69) is 4.90 Å². The van der Waals surface area contributed by atoms with Crippen LogP contribution < -0.4 is 0 Å². The number of nitrogens with zero attached hydrogens (tertiary/aromatic N) is 1. The average molecular weight is 241 g/mol. The summed E-state index contributed by atoms with van der Waals surface area (Å²) >= 11 is 0. The third-order valence-electron chi connectivity index (χ3n) is 4.39. The van der Waals surface area contributed by atoms with E-state index < -0.39 is 5.97 Å². The highest BCUT2D eigenvalue weighted by atomic mass is 16.5. The van der Waals surface area contributed by atoms with Gasteiger partial charge in [0, 0.05) is 13.2 Å². The number of rotatable bonds is 3. The van der Waals surface area contributed by atoms with Crippen molar-refractivity contribution >= 4 is 5.97 Å². The molecule has 2 rings (SSSR count). The quantitative estimate of drug-likeness (QED) is 0.817. The molecule has 4 atom stereocenters. The van der Waals surface area contributed by atoms with Crippen LogP contribution in [0.2, 0.25) is 0 Å². The topological polar surface area (TPSA) is 49.8 Å². The van der Waals surface area contributed by atoms with Crippen molar-refractivity contribution in [2.75, 3.05) is 13.7 Å². The minimum atomic E-state index is -0.671. The van der Waals surface area contributed by atoms with E-state index in [-0.39, 0.29) is 18.1 Å². The maximum atomic E-state index is 11.4. The van der Waals surface area contributed by atoms with Crippen molar-refractivity contribution in [1.29, 1.82) is 0 Å². The van der Waals surface area contributed by atoms with E-state index >= 15 is 0 Å². The lowest BCUT2D eigenvalue weighted by Crippen LogP contribution is -2.51. The number of likely N-dealkylation sites (tertiary alicyclic amines) is 1. The molecule has 2 aliphatic rings. The van der Waals surface area contributed by atoms with Gasteiger partial charge in [0.15, 0.2) is 0 Å². The van der Waals surface area contributed by atoms with Crippen LogP contribution in [0.25, 0.3) is 0 Å². The zero-order valence-electron chi connectivity index (χ0n) is 10.8. The molecule has 0 radical (unpaired) electrons. The lowest BCUT2D eigenvalue weighted by atomic mass is 9.90. The number of aliphatic carboxylic acids is 1. The Morgan fingerprint density at radius 1 is 1.29 bits per heavy atom. The first-order valence-electron chi connectivity index (χ1n) is 6.66. The van der Waals surface area contributed by atoms with Gasteiger partial charge in [0.25, 0.3) is 0 Å². The molecule has 98 valence electrons. The Labute approximate surface area is 103 Å². The van der Waals surface area contributed by atoms with Gasteiger partial charge in [-0.3, -0.25) is 9.69 Å². The molecule has 4 unspecified atom stereocenters. The molecule has 1 aliphatic carbocycles. The zero-order chi connectivity index (χ0) is 12.4. The SMILES string of the molecule is COC1CCCCC1N1CCC(C)C1C(=O)O. The van der Waals surface area contributed by atoms with Gasteiger partial charge in [-0.05, 0) is 31.7 Å². The van der Waals surface area contributed by atoms with Gasteiger partial charge < -0.3 is 9.84 Å². The fraction of sp³-hybridized carbons (Fsp3) is 0.923.